The monoisotopic (exact) mass is 247 g/mol. The quantitative estimate of drug-likeness (QED) is 0.861. The van der Waals surface area contributed by atoms with Crippen molar-refractivity contribution in [2.24, 2.45) is 0 Å². The fourth-order valence-electron chi connectivity index (χ4n) is 1.64. The predicted molar refractivity (Wildman–Crippen MR) is 58.6 cm³/mol. The van der Waals surface area contributed by atoms with Gasteiger partial charge >= 0.3 is 6.18 Å². The van der Waals surface area contributed by atoms with Crippen LogP contribution in [0.15, 0.2) is 29.2 Å². The number of alkyl halides is 3. The van der Waals surface area contributed by atoms with Crippen molar-refractivity contribution in [3.05, 3.63) is 29.8 Å². The van der Waals surface area contributed by atoms with Gasteiger partial charge in [-0.05, 0) is 37.2 Å². The summed E-state index contributed by atoms with van der Waals surface area (Å²) in [6.07, 6.45) is -3.16. The van der Waals surface area contributed by atoms with Gasteiger partial charge in [-0.15, -0.1) is 11.8 Å². The van der Waals surface area contributed by atoms with Gasteiger partial charge in [-0.3, -0.25) is 0 Å². The van der Waals surface area contributed by atoms with E-state index in [1.807, 2.05) is 0 Å². The van der Waals surface area contributed by atoms with Gasteiger partial charge in [0.15, 0.2) is 0 Å². The van der Waals surface area contributed by atoms with Crippen LogP contribution in [0.5, 0.6) is 0 Å². The molecule has 1 aliphatic heterocycles. The summed E-state index contributed by atoms with van der Waals surface area (Å²) in [7, 11) is 0. The van der Waals surface area contributed by atoms with Crippen LogP contribution in [0.25, 0.3) is 0 Å². The molecule has 0 radical (unpaired) electrons. The maximum atomic E-state index is 12.3. The van der Waals surface area contributed by atoms with Crippen molar-refractivity contribution >= 4 is 11.8 Å². The molecule has 0 amide bonds. The Morgan fingerprint density at radius 2 is 1.88 bits per heavy atom. The molecule has 1 nitrogen and oxygen atoms in total. The maximum Gasteiger partial charge on any atom is 0.416 e. The van der Waals surface area contributed by atoms with E-state index in [0.29, 0.717) is 5.25 Å². The van der Waals surface area contributed by atoms with Gasteiger partial charge in [0.05, 0.1) is 5.56 Å². The SMILES string of the molecule is FC(F)(F)c1ccc(SC2CCNC2)cc1. The van der Waals surface area contributed by atoms with Crippen LogP contribution in [0.4, 0.5) is 13.2 Å². The molecule has 1 N–H and O–H groups in total. The van der Waals surface area contributed by atoms with Gasteiger partial charge in [0, 0.05) is 16.7 Å². The highest BCUT2D eigenvalue weighted by Gasteiger charge is 2.30. The Kier molecular flexibility index (Phi) is 3.44. The molecule has 0 aliphatic carbocycles. The fraction of sp³-hybridized carbons (Fsp3) is 0.455. The van der Waals surface area contributed by atoms with Crippen LogP contribution in [-0.2, 0) is 6.18 Å². The Balaban J connectivity index is 2.01. The number of benzene rings is 1. The lowest BCUT2D eigenvalue weighted by Crippen LogP contribution is -2.10. The standard InChI is InChI=1S/C11H12F3NS/c12-11(13,14)8-1-3-9(4-2-8)16-10-5-6-15-7-10/h1-4,10,15H,5-7H2. The Bertz CT molecular complexity index is 341. The van der Waals surface area contributed by atoms with E-state index in [2.05, 4.69) is 5.32 Å². The number of hydrogen-bond donors (Lipinski definition) is 1. The third-order valence-corrected chi connectivity index (χ3v) is 3.78. The molecule has 0 bridgehead atoms. The van der Waals surface area contributed by atoms with Gasteiger partial charge in [0.2, 0.25) is 0 Å². The third-order valence-electron chi connectivity index (χ3n) is 2.50. The Morgan fingerprint density at radius 1 is 1.19 bits per heavy atom. The molecule has 1 aromatic carbocycles. The van der Waals surface area contributed by atoms with E-state index in [1.54, 1.807) is 23.9 Å². The lowest BCUT2D eigenvalue weighted by atomic mass is 10.2. The first-order valence-electron chi connectivity index (χ1n) is 5.10. The van der Waals surface area contributed by atoms with Crippen LogP contribution >= 0.6 is 11.8 Å². The summed E-state index contributed by atoms with van der Waals surface area (Å²) in [5.41, 5.74) is -0.582. The van der Waals surface area contributed by atoms with Crippen molar-refractivity contribution < 1.29 is 13.2 Å². The molecular formula is C11H12F3NS. The van der Waals surface area contributed by atoms with E-state index in [9.17, 15) is 13.2 Å². The van der Waals surface area contributed by atoms with E-state index in [0.717, 1.165) is 36.5 Å². The van der Waals surface area contributed by atoms with E-state index in [4.69, 9.17) is 0 Å². The summed E-state index contributed by atoms with van der Waals surface area (Å²) in [6.45, 7) is 1.93. The molecular weight excluding hydrogens is 235 g/mol. The topological polar surface area (TPSA) is 12.0 Å². The van der Waals surface area contributed by atoms with Crippen molar-refractivity contribution in [1.29, 1.82) is 0 Å². The first-order valence-corrected chi connectivity index (χ1v) is 5.98. The van der Waals surface area contributed by atoms with Crippen molar-refractivity contribution in [3.8, 4) is 0 Å². The van der Waals surface area contributed by atoms with Gasteiger partial charge in [-0.2, -0.15) is 13.2 Å². The molecule has 1 saturated heterocycles. The molecule has 0 saturated carbocycles. The number of rotatable bonds is 2. The highest BCUT2D eigenvalue weighted by Crippen LogP contribution is 2.32. The minimum Gasteiger partial charge on any atom is -0.316 e. The summed E-state index contributed by atoms with van der Waals surface area (Å²) >= 11 is 1.64. The summed E-state index contributed by atoms with van der Waals surface area (Å²) in [6, 6.07) is 5.38. The average Bonchev–Trinajstić information content (AvgIpc) is 2.70. The number of hydrogen-bond acceptors (Lipinski definition) is 2. The normalized spacial score (nSPS) is 21.3. The smallest absolute Gasteiger partial charge is 0.316 e. The minimum atomic E-state index is -4.24. The second-order valence-corrected chi connectivity index (χ2v) is 5.13. The first-order chi connectivity index (χ1) is 7.55. The lowest BCUT2D eigenvalue weighted by Gasteiger charge is -2.10. The zero-order valence-corrected chi connectivity index (χ0v) is 9.37. The molecule has 5 heteroatoms. The summed E-state index contributed by atoms with van der Waals surface area (Å²) in [4.78, 5) is 0.904. The minimum absolute atomic E-state index is 0.483. The molecule has 1 unspecified atom stereocenters. The molecule has 1 aromatic rings. The maximum absolute atomic E-state index is 12.3. The first kappa shape index (κ1) is 11.8. The molecule has 88 valence electrons. The second-order valence-electron chi connectivity index (χ2n) is 3.75. The number of nitrogens with one attached hydrogen (secondary N) is 1. The third kappa shape index (κ3) is 2.92. The van der Waals surface area contributed by atoms with Gasteiger partial charge in [0.1, 0.15) is 0 Å². The molecule has 2 rings (SSSR count). The molecule has 1 fully saturated rings. The van der Waals surface area contributed by atoms with Crippen LogP contribution in [0.3, 0.4) is 0 Å². The number of halogens is 3. The predicted octanol–water partition coefficient (Wildman–Crippen LogP) is 3.16. The zero-order chi connectivity index (χ0) is 11.6. The van der Waals surface area contributed by atoms with Crippen LogP contribution in [0, 0.1) is 0 Å². The Labute approximate surface area is 96.4 Å². The Morgan fingerprint density at radius 3 is 2.38 bits per heavy atom. The van der Waals surface area contributed by atoms with Crippen molar-refractivity contribution in [3.63, 3.8) is 0 Å². The van der Waals surface area contributed by atoms with E-state index >= 15 is 0 Å². The molecule has 1 atom stereocenters. The summed E-state index contributed by atoms with van der Waals surface area (Å²) in [5.74, 6) is 0. The second kappa shape index (κ2) is 4.67. The van der Waals surface area contributed by atoms with E-state index in [1.165, 1.54) is 0 Å². The fourth-order valence-corrected chi connectivity index (χ4v) is 2.76. The molecule has 1 heterocycles. The molecule has 0 spiro atoms. The van der Waals surface area contributed by atoms with Crippen LogP contribution in [0.1, 0.15) is 12.0 Å². The number of thioether (sulfide) groups is 1. The lowest BCUT2D eigenvalue weighted by molar-refractivity contribution is -0.137. The van der Waals surface area contributed by atoms with E-state index < -0.39 is 11.7 Å². The van der Waals surface area contributed by atoms with E-state index in [-0.39, 0.29) is 0 Å². The van der Waals surface area contributed by atoms with Gasteiger partial charge in [0.25, 0.3) is 0 Å². The average molecular weight is 247 g/mol. The molecule has 16 heavy (non-hydrogen) atoms. The summed E-state index contributed by atoms with van der Waals surface area (Å²) < 4.78 is 36.9. The highest BCUT2D eigenvalue weighted by atomic mass is 32.2. The zero-order valence-electron chi connectivity index (χ0n) is 8.55. The Hall–Kier alpha value is -0.680. The van der Waals surface area contributed by atoms with Gasteiger partial charge in [-0.25, -0.2) is 0 Å². The van der Waals surface area contributed by atoms with Crippen molar-refractivity contribution in [2.45, 2.75) is 22.7 Å². The summed E-state index contributed by atoms with van der Waals surface area (Å²) in [5, 5.41) is 3.71. The van der Waals surface area contributed by atoms with Gasteiger partial charge < -0.3 is 5.32 Å². The molecule has 0 aromatic heterocycles. The van der Waals surface area contributed by atoms with Crippen LogP contribution < -0.4 is 5.32 Å². The molecule has 1 aliphatic rings. The largest absolute Gasteiger partial charge is 0.416 e. The highest BCUT2D eigenvalue weighted by molar-refractivity contribution is 8.00. The van der Waals surface area contributed by atoms with Crippen LogP contribution in [0.2, 0.25) is 0 Å². The van der Waals surface area contributed by atoms with Crippen molar-refractivity contribution in [2.75, 3.05) is 13.1 Å². The van der Waals surface area contributed by atoms with Crippen LogP contribution in [-0.4, -0.2) is 18.3 Å². The van der Waals surface area contributed by atoms with Crippen molar-refractivity contribution in [1.82, 2.24) is 5.32 Å². The van der Waals surface area contributed by atoms with Gasteiger partial charge in [-0.1, -0.05) is 0 Å².